The number of aryl methyl sites for hydroxylation is 1. The second-order valence-corrected chi connectivity index (χ2v) is 5.96. The molecule has 2 rings (SSSR count). The summed E-state index contributed by atoms with van der Waals surface area (Å²) in [4.78, 5) is 0. The molecular weight excluding hydrogens is 282 g/mol. The molecule has 0 fully saturated rings. The van der Waals surface area contributed by atoms with Crippen molar-refractivity contribution in [2.24, 2.45) is 0 Å². The number of rotatable bonds is 4. The van der Waals surface area contributed by atoms with E-state index in [2.05, 4.69) is 63.9 Å². The molecule has 0 atom stereocenters. The third kappa shape index (κ3) is 3.09. The number of benzene rings is 1. The Kier molecular flexibility index (Phi) is 4.02. The molecule has 0 spiro atoms. The second kappa shape index (κ2) is 5.51. The molecule has 0 aliphatic carbocycles. The van der Waals surface area contributed by atoms with Crippen LogP contribution in [0.1, 0.15) is 18.1 Å². The molecule has 1 aromatic heterocycles. The van der Waals surface area contributed by atoms with Gasteiger partial charge in [0.1, 0.15) is 0 Å². The first kappa shape index (κ1) is 11.7. The van der Waals surface area contributed by atoms with Crippen LogP contribution < -0.4 is 5.32 Å². The van der Waals surface area contributed by atoms with E-state index in [9.17, 15) is 0 Å². The Balaban J connectivity index is 1.99. The molecule has 0 unspecified atom stereocenters. The molecule has 0 saturated carbocycles. The maximum atomic E-state index is 3.47. The Morgan fingerprint density at radius 3 is 2.81 bits per heavy atom. The molecule has 16 heavy (non-hydrogen) atoms. The average molecular weight is 296 g/mol. The highest BCUT2D eigenvalue weighted by Crippen LogP contribution is 2.21. The van der Waals surface area contributed by atoms with E-state index in [1.165, 1.54) is 20.6 Å². The molecule has 2 aromatic rings. The fourth-order valence-corrected chi connectivity index (χ4v) is 2.75. The summed E-state index contributed by atoms with van der Waals surface area (Å²) in [7, 11) is 0. The SMILES string of the molecule is CCc1cccc(NCc2csc(Br)c2)c1. The van der Waals surface area contributed by atoms with Crippen LogP contribution in [0.15, 0.2) is 39.5 Å². The lowest BCUT2D eigenvalue weighted by Crippen LogP contribution is -1.98. The lowest BCUT2D eigenvalue weighted by Gasteiger charge is -2.06. The molecule has 1 N–H and O–H groups in total. The van der Waals surface area contributed by atoms with E-state index in [1.54, 1.807) is 11.3 Å². The van der Waals surface area contributed by atoms with Crippen molar-refractivity contribution in [1.29, 1.82) is 0 Å². The normalized spacial score (nSPS) is 10.4. The van der Waals surface area contributed by atoms with Gasteiger partial charge in [-0.15, -0.1) is 11.3 Å². The number of hydrogen-bond donors (Lipinski definition) is 1. The van der Waals surface area contributed by atoms with Gasteiger partial charge in [-0.3, -0.25) is 0 Å². The van der Waals surface area contributed by atoms with Crippen LogP contribution in [0.3, 0.4) is 0 Å². The first-order chi connectivity index (χ1) is 7.78. The summed E-state index contributed by atoms with van der Waals surface area (Å²) in [5.74, 6) is 0. The molecule has 84 valence electrons. The number of hydrogen-bond acceptors (Lipinski definition) is 2. The molecule has 0 aliphatic heterocycles. The molecule has 0 saturated heterocycles. The van der Waals surface area contributed by atoms with Crippen LogP contribution >= 0.6 is 27.3 Å². The lowest BCUT2D eigenvalue weighted by molar-refractivity contribution is 1.12. The molecule has 0 amide bonds. The number of nitrogens with one attached hydrogen (secondary N) is 1. The fourth-order valence-electron chi connectivity index (χ4n) is 1.54. The number of thiophene rings is 1. The Morgan fingerprint density at radius 1 is 1.25 bits per heavy atom. The summed E-state index contributed by atoms with van der Waals surface area (Å²) < 4.78 is 1.19. The van der Waals surface area contributed by atoms with Crippen molar-refractivity contribution >= 4 is 33.0 Å². The molecule has 1 heterocycles. The van der Waals surface area contributed by atoms with Gasteiger partial charge in [0.25, 0.3) is 0 Å². The van der Waals surface area contributed by atoms with E-state index in [1.807, 2.05) is 0 Å². The van der Waals surface area contributed by atoms with Crippen molar-refractivity contribution in [2.45, 2.75) is 19.9 Å². The van der Waals surface area contributed by atoms with Gasteiger partial charge in [0.2, 0.25) is 0 Å². The summed E-state index contributed by atoms with van der Waals surface area (Å²) in [5, 5.41) is 5.60. The van der Waals surface area contributed by atoms with Gasteiger partial charge < -0.3 is 5.32 Å². The zero-order chi connectivity index (χ0) is 11.4. The van der Waals surface area contributed by atoms with Crippen LogP contribution in [0.2, 0.25) is 0 Å². The Bertz CT molecular complexity index is 464. The Hall–Kier alpha value is -0.800. The van der Waals surface area contributed by atoms with Crippen LogP contribution in [-0.2, 0) is 13.0 Å². The lowest BCUT2D eigenvalue weighted by atomic mass is 10.1. The van der Waals surface area contributed by atoms with E-state index in [4.69, 9.17) is 0 Å². The summed E-state index contributed by atoms with van der Waals surface area (Å²) >= 11 is 5.20. The van der Waals surface area contributed by atoms with Crippen LogP contribution in [0.25, 0.3) is 0 Å². The maximum Gasteiger partial charge on any atom is 0.0701 e. The zero-order valence-corrected chi connectivity index (χ0v) is 11.6. The molecule has 0 radical (unpaired) electrons. The summed E-state index contributed by atoms with van der Waals surface area (Å²) in [6.45, 7) is 3.06. The topological polar surface area (TPSA) is 12.0 Å². The van der Waals surface area contributed by atoms with Gasteiger partial charge >= 0.3 is 0 Å². The summed E-state index contributed by atoms with van der Waals surface area (Å²) in [6.07, 6.45) is 1.08. The van der Waals surface area contributed by atoms with Crippen molar-refractivity contribution < 1.29 is 0 Å². The fraction of sp³-hybridized carbons (Fsp3) is 0.231. The molecule has 0 bridgehead atoms. The molecular formula is C13H14BrNS. The van der Waals surface area contributed by atoms with E-state index in [0.29, 0.717) is 0 Å². The van der Waals surface area contributed by atoms with Gasteiger partial charge in [0.05, 0.1) is 3.79 Å². The highest BCUT2D eigenvalue weighted by atomic mass is 79.9. The predicted octanol–water partition coefficient (Wildman–Crippen LogP) is 4.69. The number of halogens is 1. The average Bonchev–Trinajstić information content (AvgIpc) is 2.73. The highest BCUT2D eigenvalue weighted by Gasteiger charge is 1.98. The van der Waals surface area contributed by atoms with Crippen molar-refractivity contribution in [3.05, 3.63) is 50.6 Å². The third-order valence-electron chi connectivity index (χ3n) is 2.45. The quantitative estimate of drug-likeness (QED) is 0.863. The number of anilines is 1. The minimum absolute atomic E-state index is 0.884. The molecule has 0 aliphatic rings. The Labute approximate surface area is 109 Å². The van der Waals surface area contributed by atoms with E-state index in [-0.39, 0.29) is 0 Å². The van der Waals surface area contributed by atoms with E-state index < -0.39 is 0 Å². The van der Waals surface area contributed by atoms with Crippen molar-refractivity contribution in [1.82, 2.24) is 0 Å². The predicted molar refractivity (Wildman–Crippen MR) is 75.2 cm³/mol. The van der Waals surface area contributed by atoms with Gasteiger partial charge in [-0.25, -0.2) is 0 Å². The van der Waals surface area contributed by atoms with Gasteiger partial charge in [-0.05, 0) is 57.1 Å². The maximum absolute atomic E-state index is 3.47. The highest BCUT2D eigenvalue weighted by molar-refractivity contribution is 9.11. The zero-order valence-electron chi connectivity index (χ0n) is 9.16. The van der Waals surface area contributed by atoms with Gasteiger partial charge in [0, 0.05) is 12.2 Å². The van der Waals surface area contributed by atoms with Crippen LogP contribution in [0.4, 0.5) is 5.69 Å². The largest absolute Gasteiger partial charge is 0.381 e. The minimum Gasteiger partial charge on any atom is -0.381 e. The molecule has 1 aromatic carbocycles. The van der Waals surface area contributed by atoms with Gasteiger partial charge in [-0.2, -0.15) is 0 Å². The van der Waals surface area contributed by atoms with Crippen molar-refractivity contribution in [3.8, 4) is 0 Å². The second-order valence-electron chi connectivity index (χ2n) is 3.67. The van der Waals surface area contributed by atoms with Crippen molar-refractivity contribution in [3.63, 3.8) is 0 Å². The van der Waals surface area contributed by atoms with Crippen molar-refractivity contribution in [2.75, 3.05) is 5.32 Å². The monoisotopic (exact) mass is 295 g/mol. The van der Waals surface area contributed by atoms with Crippen LogP contribution in [0, 0.1) is 0 Å². The standard InChI is InChI=1S/C13H14BrNS/c1-2-10-4-3-5-12(6-10)15-8-11-7-13(14)16-9-11/h3-7,9,15H,2,8H2,1H3. The first-order valence-electron chi connectivity index (χ1n) is 5.33. The van der Waals surface area contributed by atoms with Gasteiger partial charge in [-0.1, -0.05) is 19.1 Å². The van der Waals surface area contributed by atoms with Crippen LogP contribution in [0.5, 0.6) is 0 Å². The third-order valence-corrected chi connectivity index (χ3v) is 4.01. The molecule has 3 heteroatoms. The summed E-state index contributed by atoms with van der Waals surface area (Å²) in [6, 6.07) is 10.7. The van der Waals surface area contributed by atoms with E-state index in [0.717, 1.165) is 13.0 Å². The smallest absolute Gasteiger partial charge is 0.0701 e. The minimum atomic E-state index is 0.884. The van der Waals surface area contributed by atoms with Crippen LogP contribution in [-0.4, -0.2) is 0 Å². The summed E-state index contributed by atoms with van der Waals surface area (Å²) in [5.41, 5.74) is 3.89. The van der Waals surface area contributed by atoms with E-state index >= 15 is 0 Å². The first-order valence-corrected chi connectivity index (χ1v) is 7.01. The van der Waals surface area contributed by atoms with Gasteiger partial charge in [0.15, 0.2) is 0 Å². The Morgan fingerprint density at radius 2 is 2.12 bits per heavy atom. The molecule has 1 nitrogen and oxygen atoms in total.